The number of hydroxylamine groups is 1. The summed E-state index contributed by atoms with van der Waals surface area (Å²) >= 11 is 0. The van der Waals surface area contributed by atoms with E-state index in [1.807, 2.05) is 37.3 Å². The number of pyridine rings is 1. The number of rotatable bonds is 5. The number of aliphatic imine (C=N–C) groups is 1. The van der Waals surface area contributed by atoms with Crippen LogP contribution in [0.3, 0.4) is 0 Å². The molecule has 0 aliphatic heterocycles. The van der Waals surface area contributed by atoms with Crippen LogP contribution in [0.4, 0.5) is 0 Å². The van der Waals surface area contributed by atoms with Gasteiger partial charge in [0, 0.05) is 24.4 Å². The van der Waals surface area contributed by atoms with Gasteiger partial charge in [0.05, 0.1) is 0 Å². The smallest absolute Gasteiger partial charge is 0.219 e. The van der Waals surface area contributed by atoms with Gasteiger partial charge in [-0.05, 0) is 49.4 Å². The monoisotopic (exact) mass is 339 g/mol. The molecule has 2 N–H and O–H groups in total. The molecule has 0 unspecified atom stereocenters. The van der Waals surface area contributed by atoms with Gasteiger partial charge in [-0.2, -0.15) is 0 Å². The van der Waals surface area contributed by atoms with Gasteiger partial charge < -0.3 is 4.74 Å². The first-order valence-electron chi connectivity index (χ1n) is 8.90. The maximum Gasteiger partial charge on any atom is 0.219 e. The maximum atomic E-state index is 9.40. The Morgan fingerprint density at radius 2 is 2.08 bits per heavy atom. The summed E-state index contributed by atoms with van der Waals surface area (Å²) in [6, 6.07) is 11.5. The maximum absolute atomic E-state index is 9.40. The van der Waals surface area contributed by atoms with Crippen molar-refractivity contribution >= 4 is 5.84 Å². The number of aromatic nitrogens is 1. The number of nitrogens with one attached hydrogen (secondary N) is 1. The first kappa shape index (κ1) is 17.4. The van der Waals surface area contributed by atoms with Crippen molar-refractivity contribution in [3.8, 4) is 11.6 Å². The third-order valence-electron chi connectivity index (χ3n) is 4.56. The standard InChI is InChI=1S/C20H25N3O2/c1-15-6-5-9-18(12-15)25-19-11-10-17(14-21-19)20(23-24)22-13-16-7-3-2-4-8-16/h5-6,9-12,14,16,24H,2-4,7-8,13H2,1H3,(H,22,23). The molecule has 5 nitrogen and oxygen atoms in total. The van der Waals surface area contributed by atoms with Crippen LogP contribution >= 0.6 is 0 Å². The molecule has 1 aliphatic rings. The van der Waals surface area contributed by atoms with Crippen LogP contribution in [0.15, 0.2) is 47.6 Å². The highest BCUT2D eigenvalue weighted by atomic mass is 16.5. The summed E-state index contributed by atoms with van der Waals surface area (Å²) in [7, 11) is 0. The van der Waals surface area contributed by atoms with Crippen molar-refractivity contribution in [3.63, 3.8) is 0 Å². The molecule has 1 saturated carbocycles. The Kier molecular flexibility index (Phi) is 6.01. The minimum atomic E-state index is 0.458. The molecule has 0 spiro atoms. The predicted octanol–water partition coefficient (Wildman–Crippen LogP) is 4.49. The van der Waals surface area contributed by atoms with Gasteiger partial charge in [-0.1, -0.05) is 31.4 Å². The molecular weight excluding hydrogens is 314 g/mol. The highest BCUT2D eigenvalue weighted by molar-refractivity contribution is 5.97. The van der Waals surface area contributed by atoms with Gasteiger partial charge in [0.15, 0.2) is 5.84 Å². The van der Waals surface area contributed by atoms with Gasteiger partial charge in [0.2, 0.25) is 5.88 Å². The van der Waals surface area contributed by atoms with Crippen molar-refractivity contribution in [2.75, 3.05) is 6.54 Å². The summed E-state index contributed by atoms with van der Waals surface area (Å²) in [4.78, 5) is 8.85. The van der Waals surface area contributed by atoms with E-state index in [0.29, 0.717) is 17.6 Å². The van der Waals surface area contributed by atoms with Crippen molar-refractivity contribution in [1.82, 2.24) is 10.5 Å². The van der Waals surface area contributed by atoms with E-state index in [1.54, 1.807) is 12.3 Å². The lowest BCUT2D eigenvalue weighted by Crippen LogP contribution is -2.22. The van der Waals surface area contributed by atoms with Crippen LogP contribution in [0.5, 0.6) is 11.6 Å². The molecule has 0 saturated heterocycles. The van der Waals surface area contributed by atoms with Crippen molar-refractivity contribution in [2.45, 2.75) is 39.0 Å². The average Bonchev–Trinajstić information content (AvgIpc) is 2.64. The second kappa shape index (κ2) is 8.62. The normalized spacial score (nSPS) is 15.8. The molecular formula is C20H25N3O2. The molecule has 0 radical (unpaired) electrons. The average molecular weight is 339 g/mol. The molecule has 5 heteroatoms. The predicted molar refractivity (Wildman–Crippen MR) is 98.4 cm³/mol. The molecule has 1 aromatic carbocycles. The molecule has 2 aromatic rings. The summed E-state index contributed by atoms with van der Waals surface area (Å²) in [5.41, 5.74) is 4.08. The third-order valence-corrected chi connectivity index (χ3v) is 4.56. The second-order valence-electron chi connectivity index (χ2n) is 6.61. The van der Waals surface area contributed by atoms with Crippen LogP contribution in [-0.4, -0.2) is 22.6 Å². The molecule has 3 rings (SSSR count). The minimum Gasteiger partial charge on any atom is -0.439 e. The summed E-state index contributed by atoms with van der Waals surface area (Å²) in [5.74, 6) is 2.35. The van der Waals surface area contributed by atoms with E-state index < -0.39 is 0 Å². The van der Waals surface area contributed by atoms with Gasteiger partial charge in [0.1, 0.15) is 5.75 Å². The van der Waals surface area contributed by atoms with E-state index in [-0.39, 0.29) is 0 Å². The molecule has 0 atom stereocenters. The molecule has 25 heavy (non-hydrogen) atoms. The van der Waals surface area contributed by atoms with Gasteiger partial charge in [0.25, 0.3) is 0 Å². The number of benzene rings is 1. The number of hydrogen-bond acceptors (Lipinski definition) is 4. The zero-order valence-corrected chi connectivity index (χ0v) is 14.6. The van der Waals surface area contributed by atoms with Crippen LogP contribution in [0.1, 0.15) is 43.2 Å². The van der Waals surface area contributed by atoms with E-state index in [2.05, 4.69) is 15.5 Å². The Hall–Kier alpha value is -2.40. The van der Waals surface area contributed by atoms with E-state index >= 15 is 0 Å². The zero-order chi connectivity index (χ0) is 17.5. The van der Waals surface area contributed by atoms with Gasteiger partial charge in [-0.25, -0.2) is 4.98 Å². The fourth-order valence-electron chi connectivity index (χ4n) is 3.16. The molecule has 1 fully saturated rings. The molecule has 1 aliphatic carbocycles. The molecule has 0 bridgehead atoms. The van der Waals surface area contributed by atoms with E-state index in [9.17, 15) is 5.21 Å². The third kappa shape index (κ3) is 5.03. The van der Waals surface area contributed by atoms with Crippen LogP contribution < -0.4 is 10.2 Å². The van der Waals surface area contributed by atoms with Gasteiger partial charge in [-0.15, -0.1) is 0 Å². The second-order valence-corrected chi connectivity index (χ2v) is 6.61. The lowest BCUT2D eigenvalue weighted by molar-refractivity contribution is 0.234. The molecule has 0 amide bonds. The summed E-state index contributed by atoms with van der Waals surface area (Å²) in [5, 5.41) is 9.40. The summed E-state index contributed by atoms with van der Waals surface area (Å²) in [6.45, 7) is 2.76. The fraction of sp³-hybridized carbons (Fsp3) is 0.400. The SMILES string of the molecule is Cc1cccc(Oc2ccc(C(=NCC3CCCCC3)NO)cn2)c1. The lowest BCUT2D eigenvalue weighted by Gasteiger charge is -2.19. The van der Waals surface area contributed by atoms with E-state index in [4.69, 9.17) is 4.74 Å². The Morgan fingerprint density at radius 3 is 2.76 bits per heavy atom. The van der Waals surface area contributed by atoms with Crippen molar-refractivity contribution in [3.05, 3.63) is 53.7 Å². The number of amidine groups is 1. The van der Waals surface area contributed by atoms with Gasteiger partial charge in [-0.3, -0.25) is 15.7 Å². The van der Waals surface area contributed by atoms with Crippen molar-refractivity contribution in [2.24, 2.45) is 10.9 Å². The van der Waals surface area contributed by atoms with Crippen LogP contribution in [0.25, 0.3) is 0 Å². The Balaban J connectivity index is 1.65. The molecule has 1 aromatic heterocycles. The zero-order valence-electron chi connectivity index (χ0n) is 14.6. The van der Waals surface area contributed by atoms with Crippen molar-refractivity contribution < 1.29 is 9.94 Å². The fourth-order valence-corrected chi connectivity index (χ4v) is 3.16. The summed E-state index contributed by atoms with van der Waals surface area (Å²) < 4.78 is 5.75. The Labute approximate surface area is 148 Å². The van der Waals surface area contributed by atoms with Crippen molar-refractivity contribution in [1.29, 1.82) is 0 Å². The molecule has 1 heterocycles. The van der Waals surface area contributed by atoms with Crippen LogP contribution in [0.2, 0.25) is 0 Å². The largest absolute Gasteiger partial charge is 0.439 e. The van der Waals surface area contributed by atoms with Crippen LogP contribution in [0, 0.1) is 12.8 Å². The minimum absolute atomic E-state index is 0.458. The quantitative estimate of drug-likeness (QED) is 0.478. The Morgan fingerprint density at radius 1 is 1.24 bits per heavy atom. The van der Waals surface area contributed by atoms with Crippen LogP contribution in [-0.2, 0) is 0 Å². The van der Waals surface area contributed by atoms with E-state index in [0.717, 1.165) is 23.4 Å². The number of nitrogens with zero attached hydrogens (tertiary/aromatic N) is 2. The first-order chi connectivity index (χ1) is 12.2. The van der Waals surface area contributed by atoms with Gasteiger partial charge >= 0.3 is 0 Å². The number of ether oxygens (including phenoxy) is 1. The lowest BCUT2D eigenvalue weighted by atomic mass is 9.89. The number of hydrogen-bond donors (Lipinski definition) is 2. The molecule has 132 valence electrons. The first-order valence-corrected chi connectivity index (χ1v) is 8.90. The number of aryl methyl sites for hydroxylation is 1. The van der Waals surface area contributed by atoms with E-state index in [1.165, 1.54) is 32.1 Å². The Bertz CT molecular complexity index is 707. The highest BCUT2D eigenvalue weighted by Crippen LogP contribution is 2.24. The highest BCUT2D eigenvalue weighted by Gasteiger charge is 2.13. The summed E-state index contributed by atoms with van der Waals surface area (Å²) in [6.07, 6.45) is 8.02. The topological polar surface area (TPSA) is 66.7 Å².